The van der Waals surface area contributed by atoms with E-state index in [4.69, 9.17) is 0 Å². The Kier molecular flexibility index (Phi) is 1.70. The Morgan fingerprint density at radius 3 is 2.33 bits per heavy atom. The number of ether oxygens (including phenoxy) is 1. The van der Waals surface area contributed by atoms with Crippen molar-refractivity contribution >= 4 is 6.98 Å². The second-order valence-corrected chi connectivity index (χ2v) is 2.24. The maximum Gasteiger partial charge on any atom is 0.478 e. The fraction of sp³-hybridized carbons (Fsp3) is 1.00. The Hall–Kier alpha value is -0.185. The van der Waals surface area contributed by atoms with E-state index in [0.29, 0.717) is 6.61 Å². The zero-order valence-electron chi connectivity index (χ0n) is 4.82. The van der Waals surface area contributed by atoms with Gasteiger partial charge in [-0.1, -0.05) is 6.32 Å². The molecule has 9 heavy (non-hydrogen) atoms. The third-order valence-corrected chi connectivity index (χ3v) is 1.22. The third kappa shape index (κ3) is 3.40. The van der Waals surface area contributed by atoms with Gasteiger partial charge in [0.15, 0.2) is 0 Å². The van der Waals surface area contributed by atoms with Crippen molar-refractivity contribution in [2.24, 2.45) is 0 Å². The molecule has 0 aromatic heterocycles. The van der Waals surface area contributed by atoms with Gasteiger partial charge in [0.2, 0.25) is 0 Å². The van der Waals surface area contributed by atoms with Gasteiger partial charge in [-0.05, 0) is 6.42 Å². The highest BCUT2D eigenvalue weighted by atomic mass is 19.4. The number of rotatable bonds is 3. The van der Waals surface area contributed by atoms with Crippen LogP contribution in [0.2, 0.25) is 6.32 Å². The predicted molar refractivity (Wildman–Crippen MR) is 28.2 cm³/mol. The summed E-state index contributed by atoms with van der Waals surface area (Å²) in [5.74, 6) is 0. The lowest BCUT2D eigenvalue weighted by molar-refractivity contribution is 0.389. The van der Waals surface area contributed by atoms with Gasteiger partial charge in [-0.25, -0.2) is 0 Å². The summed E-state index contributed by atoms with van der Waals surface area (Å²) in [4.78, 5) is 0. The van der Waals surface area contributed by atoms with E-state index in [9.17, 15) is 12.9 Å². The summed E-state index contributed by atoms with van der Waals surface area (Å²) in [5.41, 5.74) is 0. The normalized spacial score (nSPS) is 26.3. The molecule has 1 rings (SSSR count). The van der Waals surface area contributed by atoms with E-state index in [0.717, 1.165) is 0 Å². The molecular formula is C4H7BF3O-. The van der Waals surface area contributed by atoms with Crippen molar-refractivity contribution in [2.45, 2.75) is 18.8 Å². The molecule has 0 radical (unpaired) electrons. The van der Waals surface area contributed by atoms with Crippen LogP contribution in [-0.4, -0.2) is 19.7 Å². The van der Waals surface area contributed by atoms with Crippen molar-refractivity contribution in [3.8, 4) is 0 Å². The summed E-state index contributed by atoms with van der Waals surface area (Å²) in [6.45, 7) is -4.05. The van der Waals surface area contributed by atoms with Crippen LogP contribution in [0.3, 0.4) is 0 Å². The highest BCUT2D eigenvalue weighted by molar-refractivity contribution is 6.58. The summed E-state index contributed by atoms with van der Waals surface area (Å²) in [6.07, 6.45) is -0.581. The molecule has 54 valence electrons. The molecule has 1 aliphatic heterocycles. The first-order valence-electron chi connectivity index (χ1n) is 2.90. The van der Waals surface area contributed by atoms with Gasteiger partial charge >= 0.3 is 6.98 Å². The second-order valence-electron chi connectivity index (χ2n) is 2.24. The van der Waals surface area contributed by atoms with Crippen LogP contribution >= 0.6 is 0 Å². The van der Waals surface area contributed by atoms with Crippen molar-refractivity contribution in [2.75, 3.05) is 6.61 Å². The van der Waals surface area contributed by atoms with Crippen LogP contribution in [0.1, 0.15) is 6.42 Å². The lowest BCUT2D eigenvalue weighted by Crippen LogP contribution is -2.14. The molecule has 5 heteroatoms. The Morgan fingerprint density at radius 2 is 2.00 bits per heavy atom. The monoisotopic (exact) mass is 139 g/mol. The molecule has 0 aromatic carbocycles. The zero-order valence-corrected chi connectivity index (χ0v) is 4.82. The standard InChI is InChI=1S/C4H7BF3O/c6-5(7,8)2-1-4-3-9-4/h4H,1-3H2/q-1. The molecule has 1 aliphatic rings. The molecule has 1 atom stereocenters. The van der Waals surface area contributed by atoms with Gasteiger partial charge in [0.05, 0.1) is 12.7 Å². The van der Waals surface area contributed by atoms with Crippen LogP contribution in [0.25, 0.3) is 0 Å². The van der Waals surface area contributed by atoms with Gasteiger partial charge in [-0.2, -0.15) is 0 Å². The number of hydrogen-bond acceptors (Lipinski definition) is 1. The van der Waals surface area contributed by atoms with Gasteiger partial charge in [-0.15, -0.1) is 0 Å². The van der Waals surface area contributed by atoms with Crippen LogP contribution < -0.4 is 0 Å². The minimum Gasteiger partial charge on any atom is -0.449 e. The minimum absolute atomic E-state index is 0.0894. The SMILES string of the molecule is F[B-](F)(F)CCC1CO1. The van der Waals surface area contributed by atoms with E-state index in [1.165, 1.54) is 0 Å². The molecule has 0 saturated carbocycles. The Labute approximate surface area is 51.2 Å². The van der Waals surface area contributed by atoms with Crippen LogP contribution in [0.5, 0.6) is 0 Å². The van der Waals surface area contributed by atoms with Crippen molar-refractivity contribution in [1.29, 1.82) is 0 Å². The number of epoxide rings is 1. The molecule has 1 nitrogen and oxygen atoms in total. The Balaban J connectivity index is 2.03. The molecular weight excluding hydrogens is 132 g/mol. The lowest BCUT2D eigenvalue weighted by atomic mass is 9.84. The molecule has 0 aromatic rings. The van der Waals surface area contributed by atoms with Crippen LogP contribution in [0.15, 0.2) is 0 Å². The Bertz CT molecular complexity index is 98.5. The average Bonchev–Trinajstić information content (AvgIpc) is 2.38. The van der Waals surface area contributed by atoms with Gasteiger partial charge in [0, 0.05) is 0 Å². The number of hydrogen-bond donors (Lipinski definition) is 0. The van der Waals surface area contributed by atoms with Gasteiger partial charge in [-0.3, -0.25) is 0 Å². The zero-order chi connectivity index (χ0) is 6.91. The van der Waals surface area contributed by atoms with E-state index < -0.39 is 13.3 Å². The average molecular weight is 139 g/mol. The van der Waals surface area contributed by atoms with Crippen molar-refractivity contribution in [3.05, 3.63) is 0 Å². The highest BCUT2D eigenvalue weighted by Gasteiger charge is 2.29. The molecule has 1 heterocycles. The van der Waals surface area contributed by atoms with Gasteiger partial charge in [0.25, 0.3) is 0 Å². The fourth-order valence-corrected chi connectivity index (χ4v) is 0.610. The summed E-state index contributed by atoms with van der Waals surface area (Å²) in [5, 5.41) is 0. The molecule has 0 bridgehead atoms. The van der Waals surface area contributed by atoms with Gasteiger partial charge < -0.3 is 17.7 Å². The maximum absolute atomic E-state index is 11.5. The molecule has 1 unspecified atom stereocenters. The summed E-state index contributed by atoms with van der Waals surface area (Å²) in [6, 6.07) is 0. The quantitative estimate of drug-likeness (QED) is 0.427. The van der Waals surface area contributed by atoms with E-state index in [1.54, 1.807) is 0 Å². The lowest BCUT2D eigenvalue weighted by Gasteiger charge is -2.10. The molecule has 1 saturated heterocycles. The van der Waals surface area contributed by atoms with Crippen LogP contribution in [0, 0.1) is 0 Å². The summed E-state index contributed by atoms with van der Waals surface area (Å²) < 4.78 is 39.0. The van der Waals surface area contributed by atoms with Crippen molar-refractivity contribution in [1.82, 2.24) is 0 Å². The topological polar surface area (TPSA) is 12.5 Å². The van der Waals surface area contributed by atoms with E-state index in [-0.39, 0.29) is 12.5 Å². The van der Waals surface area contributed by atoms with Crippen molar-refractivity contribution < 1.29 is 17.7 Å². The van der Waals surface area contributed by atoms with E-state index in [2.05, 4.69) is 4.74 Å². The first kappa shape index (κ1) is 6.93. The van der Waals surface area contributed by atoms with Crippen molar-refractivity contribution in [3.63, 3.8) is 0 Å². The molecule has 0 N–H and O–H groups in total. The van der Waals surface area contributed by atoms with E-state index in [1.807, 2.05) is 0 Å². The molecule has 1 fully saturated rings. The Morgan fingerprint density at radius 1 is 1.44 bits per heavy atom. The third-order valence-electron chi connectivity index (χ3n) is 1.22. The molecule has 0 aliphatic carbocycles. The molecule has 0 spiro atoms. The summed E-state index contributed by atoms with van der Waals surface area (Å²) in [7, 11) is 0. The maximum atomic E-state index is 11.5. The van der Waals surface area contributed by atoms with Gasteiger partial charge in [0.1, 0.15) is 0 Å². The minimum atomic E-state index is -4.57. The largest absolute Gasteiger partial charge is 0.478 e. The molecule has 0 amide bonds. The van der Waals surface area contributed by atoms with E-state index >= 15 is 0 Å². The smallest absolute Gasteiger partial charge is 0.449 e. The highest BCUT2D eigenvalue weighted by Crippen LogP contribution is 2.23. The fourth-order valence-electron chi connectivity index (χ4n) is 0.610. The van der Waals surface area contributed by atoms with Crippen LogP contribution in [-0.2, 0) is 4.74 Å². The first-order chi connectivity index (χ1) is 4.08. The predicted octanol–water partition coefficient (Wildman–Crippen LogP) is 1.62. The first-order valence-corrected chi connectivity index (χ1v) is 2.90. The van der Waals surface area contributed by atoms with Crippen LogP contribution in [0.4, 0.5) is 12.9 Å². The second kappa shape index (κ2) is 2.21. The number of halogens is 3. The summed E-state index contributed by atoms with van der Waals surface area (Å²) >= 11 is 0.